The van der Waals surface area contributed by atoms with Gasteiger partial charge in [0.1, 0.15) is 5.82 Å². The number of halogens is 1. The maximum atomic E-state index is 12.9. The molecule has 0 saturated carbocycles. The van der Waals surface area contributed by atoms with Crippen molar-refractivity contribution in [2.24, 2.45) is 0 Å². The molecule has 0 N–H and O–H groups in total. The highest BCUT2D eigenvalue weighted by atomic mass is 19.1. The molecule has 4 heteroatoms. The second-order valence-electron chi connectivity index (χ2n) is 3.52. The molecule has 3 nitrogen and oxygen atoms in total. The molecule has 0 unspecified atom stereocenters. The molecule has 0 fully saturated rings. The summed E-state index contributed by atoms with van der Waals surface area (Å²) in [6, 6.07) is 0. The van der Waals surface area contributed by atoms with Crippen LogP contribution >= 0.6 is 0 Å². The monoisotopic (exact) mass is 157 g/mol. The maximum absolute atomic E-state index is 12.9. The van der Waals surface area contributed by atoms with Crippen molar-refractivity contribution in [2.75, 3.05) is 0 Å². The molecule has 0 amide bonds. The number of aromatic nitrogens is 3. The van der Waals surface area contributed by atoms with Gasteiger partial charge in [0.2, 0.25) is 0 Å². The highest BCUT2D eigenvalue weighted by Gasteiger charge is 2.20. The van der Waals surface area contributed by atoms with Crippen molar-refractivity contribution in [1.82, 2.24) is 14.8 Å². The van der Waals surface area contributed by atoms with Gasteiger partial charge in [-0.15, -0.1) is 5.10 Å². The number of hydrogen-bond donors (Lipinski definition) is 0. The quantitative estimate of drug-likeness (QED) is 0.571. The largest absolute Gasteiger partial charge is 0.309 e. The van der Waals surface area contributed by atoms with Gasteiger partial charge in [-0.25, -0.2) is 0 Å². The van der Waals surface area contributed by atoms with E-state index in [9.17, 15) is 4.39 Å². The molecule has 0 radical (unpaired) electrons. The van der Waals surface area contributed by atoms with E-state index in [2.05, 4.69) is 10.2 Å². The third-order valence-corrected chi connectivity index (χ3v) is 1.46. The molecule has 0 aliphatic heterocycles. The van der Waals surface area contributed by atoms with E-state index >= 15 is 0 Å². The first-order valence-corrected chi connectivity index (χ1v) is 3.51. The SMILES string of the molecule is Cc1nnc(F)n1C(C)(C)C. The van der Waals surface area contributed by atoms with E-state index < -0.39 is 6.08 Å². The van der Waals surface area contributed by atoms with Crippen molar-refractivity contribution in [3.05, 3.63) is 11.9 Å². The van der Waals surface area contributed by atoms with E-state index in [0.717, 1.165) is 0 Å². The molecule has 1 heterocycles. The second kappa shape index (κ2) is 2.29. The van der Waals surface area contributed by atoms with Gasteiger partial charge in [-0.1, -0.05) is 5.10 Å². The van der Waals surface area contributed by atoms with Crippen LogP contribution in [0.2, 0.25) is 0 Å². The first-order valence-electron chi connectivity index (χ1n) is 3.51. The summed E-state index contributed by atoms with van der Waals surface area (Å²) in [6.45, 7) is 7.46. The zero-order valence-corrected chi connectivity index (χ0v) is 7.22. The van der Waals surface area contributed by atoms with E-state index in [0.29, 0.717) is 5.82 Å². The Morgan fingerprint density at radius 1 is 1.27 bits per heavy atom. The summed E-state index contributed by atoms with van der Waals surface area (Å²) in [4.78, 5) is 0. The fourth-order valence-corrected chi connectivity index (χ4v) is 1.10. The predicted octanol–water partition coefficient (Wildman–Crippen LogP) is 1.48. The lowest BCUT2D eigenvalue weighted by Crippen LogP contribution is -2.24. The summed E-state index contributed by atoms with van der Waals surface area (Å²) in [5, 5.41) is 6.95. The lowest BCUT2D eigenvalue weighted by Gasteiger charge is -2.21. The summed E-state index contributed by atoms with van der Waals surface area (Å²) in [5.74, 6) is 0.606. The Labute approximate surface area is 65.2 Å². The molecule has 0 aromatic carbocycles. The molecule has 0 spiro atoms. The van der Waals surface area contributed by atoms with Gasteiger partial charge in [0.15, 0.2) is 0 Å². The number of rotatable bonds is 0. The highest BCUT2D eigenvalue weighted by Crippen LogP contribution is 2.16. The topological polar surface area (TPSA) is 30.7 Å². The van der Waals surface area contributed by atoms with Crippen molar-refractivity contribution < 1.29 is 4.39 Å². The molecule has 1 aromatic heterocycles. The van der Waals surface area contributed by atoms with Crippen LogP contribution in [0.4, 0.5) is 4.39 Å². The Morgan fingerprint density at radius 2 is 1.82 bits per heavy atom. The van der Waals surface area contributed by atoms with Crippen LogP contribution in [0.1, 0.15) is 26.6 Å². The molecule has 0 aliphatic rings. The van der Waals surface area contributed by atoms with Gasteiger partial charge in [0.05, 0.1) is 0 Å². The van der Waals surface area contributed by atoms with E-state index in [1.54, 1.807) is 6.92 Å². The molecule has 1 aromatic rings. The average molecular weight is 157 g/mol. The lowest BCUT2D eigenvalue weighted by atomic mass is 10.1. The Hall–Kier alpha value is -0.930. The predicted molar refractivity (Wildman–Crippen MR) is 39.7 cm³/mol. The molecule has 11 heavy (non-hydrogen) atoms. The van der Waals surface area contributed by atoms with E-state index in [-0.39, 0.29) is 5.54 Å². The molecular weight excluding hydrogens is 145 g/mol. The van der Waals surface area contributed by atoms with Crippen LogP contribution in [0.15, 0.2) is 0 Å². The van der Waals surface area contributed by atoms with Gasteiger partial charge in [-0.3, -0.25) is 4.57 Å². The zero-order valence-electron chi connectivity index (χ0n) is 7.22. The first kappa shape index (κ1) is 8.17. The van der Waals surface area contributed by atoms with Gasteiger partial charge in [-0.2, -0.15) is 4.39 Å². The Morgan fingerprint density at radius 3 is 2.00 bits per heavy atom. The number of nitrogens with zero attached hydrogens (tertiary/aromatic N) is 3. The fraction of sp³-hybridized carbons (Fsp3) is 0.714. The third-order valence-electron chi connectivity index (χ3n) is 1.46. The minimum absolute atomic E-state index is 0.280. The minimum Gasteiger partial charge on any atom is -0.282 e. The van der Waals surface area contributed by atoms with Crippen LogP contribution in [0.25, 0.3) is 0 Å². The number of aryl methyl sites for hydroxylation is 1. The van der Waals surface area contributed by atoms with Crippen LogP contribution in [0.3, 0.4) is 0 Å². The second-order valence-corrected chi connectivity index (χ2v) is 3.52. The van der Waals surface area contributed by atoms with Gasteiger partial charge in [0, 0.05) is 5.54 Å². The van der Waals surface area contributed by atoms with Crippen LogP contribution in [-0.4, -0.2) is 14.8 Å². The normalized spacial score (nSPS) is 12.1. The lowest BCUT2D eigenvalue weighted by molar-refractivity contribution is 0.321. The van der Waals surface area contributed by atoms with Crippen molar-refractivity contribution >= 4 is 0 Å². The van der Waals surface area contributed by atoms with Gasteiger partial charge in [-0.05, 0) is 27.7 Å². The molecule has 1 rings (SSSR count). The van der Waals surface area contributed by atoms with Crippen LogP contribution in [0.5, 0.6) is 0 Å². The third kappa shape index (κ3) is 1.39. The van der Waals surface area contributed by atoms with Gasteiger partial charge >= 0.3 is 6.08 Å². The molecular formula is C7H12FN3. The van der Waals surface area contributed by atoms with Gasteiger partial charge in [0.25, 0.3) is 0 Å². The van der Waals surface area contributed by atoms with Crippen molar-refractivity contribution in [2.45, 2.75) is 33.2 Å². The molecule has 0 atom stereocenters. The van der Waals surface area contributed by atoms with Crippen LogP contribution in [0, 0.1) is 13.0 Å². The summed E-state index contributed by atoms with van der Waals surface area (Å²) < 4.78 is 14.4. The summed E-state index contributed by atoms with van der Waals surface area (Å²) >= 11 is 0. The molecule has 0 saturated heterocycles. The molecule has 0 aliphatic carbocycles. The van der Waals surface area contributed by atoms with E-state index in [1.165, 1.54) is 4.57 Å². The molecule has 0 bridgehead atoms. The van der Waals surface area contributed by atoms with Crippen molar-refractivity contribution in [1.29, 1.82) is 0 Å². The molecule has 62 valence electrons. The summed E-state index contributed by atoms with van der Waals surface area (Å²) in [6.07, 6.45) is -0.519. The highest BCUT2D eigenvalue weighted by molar-refractivity contribution is 4.89. The summed E-state index contributed by atoms with van der Waals surface area (Å²) in [7, 11) is 0. The fourth-order valence-electron chi connectivity index (χ4n) is 1.10. The van der Waals surface area contributed by atoms with Crippen molar-refractivity contribution in [3.63, 3.8) is 0 Å². The standard InChI is InChI=1S/C7H12FN3/c1-5-9-10-6(8)11(5)7(2,3)4/h1-4H3. The van der Waals surface area contributed by atoms with E-state index in [1.807, 2.05) is 20.8 Å². The Kier molecular flexibility index (Phi) is 1.70. The Bertz CT molecular complexity index is 240. The Balaban J connectivity index is 3.21. The zero-order chi connectivity index (χ0) is 8.65. The van der Waals surface area contributed by atoms with Crippen LogP contribution < -0.4 is 0 Å². The first-order chi connectivity index (χ1) is 4.93. The maximum Gasteiger partial charge on any atom is 0.309 e. The average Bonchev–Trinajstić information content (AvgIpc) is 2.08. The van der Waals surface area contributed by atoms with Crippen LogP contribution in [-0.2, 0) is 5.54 Å². The smallest absolute Gasteiger partial charge is 0.282 e. The van der Waals surface area contributed by atoms with Crippen molar-refractivity contribution in [3.8, 4) is 0 Å². The van der Waals surface area contributed by atoms with E-state index in [4.69, 9.17) is 0 Å². The minimum atomic E-state index is -0.519. The van der Waals surface area contributed by atoms with Gasteiger partial charge < -0.3 is 0 Å². The number of hydrogen-bond acceptors (Lipinski definition) is 2. The summed E-state index contributed by atoms with van der Waals surface area (Å²) in [5.41, 5.74) is -0.280.